The van der Waals surface area contributed by atoms with E-state index in [0.717, 1.165) is 43.4 Å². The van der Waals surface area contributed by atoms with Gasteiger partial charge in [0.2, 0.25) is 0 Å². The van der Waals surface area contributed by atoms with Crippen LogP contribution in [0.3, 0.4) is 0 Å². The standard InChI is InChI=1S/C26H37NO3Si/c1-25(2,3)31(4,5)30-21-15-7-6-14-20-29-26(22-27-28,23-16-10-8-11-17-23)24-18-12-9-13-19-24/h8-13,16-19H,6-7,14-15,20-21H2,1-5H3. The molecular weight excluding hydrogens is 402 g/mol. The highest BCUT2D eigenvalue weighted by Gasteiger charge is 2.40. The second-order valence-electron chi connectivity index (χ2n) is 9.49. The molecule has 2 aromatic carbocycles. The van der Waals surface area contributed by atoms with Gasteiger partial charge in [-0.05, 0) is 31.0 Å². The fourth-order valence-electron chi connectivity index (χ4n) is 3.23. The van der Waals surface area contributed by atoms with Gasteiger partial charge < -0.3 is 14.4 Å². The van der Waals surface area contributed by atoms with Crippen LogP contribution in [0.1, 0.15) is 57.6 Å². The first kappa shape index (κ1) is 25.1. The van der Waals surface area contributed by atoms with Crippen LogP contribution in [0, 0.1) is 11.3 Å². The molecule has 31 heavy (non-hydrogen) atoms. The van der Waals surface area contributed by atoms with Crippen molar-refractivity contribution < 1.29 is 9.16 Å². The molecule has 2 rings (SSSR count). The molecule has 168 valence electrons. The van der Waals surface area contributed by atoms with Crippen LogP contribution in [0.4, 0.5) is 0 Å². The summed E-state index contributed by atoms with van der Waals surface area (Å²) in [6.45, 7) is 12.7. The van der Waals surface area contributed by atoms with Crippen molar-refractivity contribution in [2.24, 2.45) is 0 Å². The van der Waals surface area contributed by atoms with Crippen LogP contribution in [-0.4, -0.2) is 21.5 Å². The van der Waals surface area contributed by atoms with Crippen molar-refractivity contribution in [3.8, 4) is 6.07 Å². The van der Waals surface area contributed by atoms with Gasteiger partial charge in [-0.15, -0.1) is 0 Å². The molecule has 0 fully saturated rings. The van der Waals surface area contributed by atoms with Gasteiger partial charge in [-0.3, -0.25) is 0 Å². The molecule has 5 heteroatoms. The maximum Gasteiger partial charge on any atom is 0.344 e. The molecule has 0 saturated heterocycles. The van der Waals surface area contributed by atoms with Crippen molar-refractivity contribution in [2.75, 3.05) is 13.2 Å². The summed E-state index contributed by atoms with van der Waals surface area (Å²) in [7, 11) is -1.66. The molecule has 0 amide bonds. The van der Waals surface area contributed by atoms with Gasteiger partial charge in [0, 0.05) is 29.3 Å². The minimum absolute atomic E-state index is 0.249. The smallest absolute Gasteiger partial charge is 0.344 e. The molecule has 0 aliphatic carbocycles. The second-order valence-corrected chi connectivity index (χ2v) is 14.3. The Hall–Kier alpha value is -2.13. The van der Waals surface area contributed by atoms with E-state index in [1.54, 1.807) is 0 Å². The molecular formula is C26H37NO3Si. The van der Waals surface area contributed by atoms with E-state index >= 15 is 0 Å². The molecule has 0 bridgehead atoms. The van der Waals surface area contributed by atoms with E-state index in [9.17, 15) is 5.21 Å². The van der Waals surface area contributed by atoms with E-state index in [0.29, 0.717) is 6.61 Å². The zero-order chi connectivity index (χ0) is 22.8. The Morgan fingerprint density at radius 2 is 1.29 bits per heavy atom. The quantitative estimate of drug-likeness (QED) is 0.209. The lowest BCUT2D eigenvalue weighted by molar-refractivity contribution is 0.0236. The lowest BCUT2D eigenvalue weighted by atomic mass is 9.87. The first-order valence-corrected chi connectivity index (χ1v) is 14.1. The highest BCUT2D eigenvalue weighted by Crippen LogP contribution is 2.37. The topological polar surface area (TPSA) is 45.9 Å². The van der Waals surface area contributed by atoms with Crippen LogP contribution in [0.5, 0.6) is 0 Å². The third-order valence-electron chi connectivity index (χ3n) is 6.19. The first-order valence-electron chi connectivity index (χ1n) is 11.2. The zero-order valence-electron chi connectivity index (χ0n) is 19.7. The average molecular weight is 440 g/mol. The van der Waals surface area contributed by atoms with Crippen molar-refractivity contribution >= 4 is 8.32 Å². The minimum atomic E-state index is -1.66. The van der Waals surface area contributed by atoms with Crippen LogP contribution in [-0.2, 0) is 14.8 Å². The summed E-state index contributed by atoms with van der Waals surface area (Å²) < 4.78 is 12.6. The monoisotopic (exact) mass is 439 g/mol. The van der Waals surface area contributed by atoms with Gasteiger partial charge in [-0.1, -0.05) is 94.3 Å². The third-order valence-corrected chi connectivity index (χ3v) is 10.7. The molecule has 0 unspecified atom stereocenters. The van der Waals surface area contributed by atoms with Gasteiger partial charge in [-0.25, -0.2) is 0 Å². The number of ether oxygens (including phenoxy) is 1. The second kappa shape index (κ2) is 11.5. The zero-order valence-corrected chi connectivity index (χ0v) is 20.7. The van der Waals surface area contributed by atoms with E-state index in [2.05, 4.69) is 44.9 Å². The number of rotatable bonds is 11. The van der Waals surface area contributed by atoms with Crippen molar-refractivity contribution in [1.29, 1.82) is 0 Å². The Labute approximate surface area is 189 Å². The van der Waals surface area contributed by atoms with E-state index in [4.69, 9.17) is 9.16 Å². The average Bonchev–Trinajstić information content (AvgIpc) is 2.75. The highest BCUT2D eigenvalue weighted by molar-refractivity contribution is 6.74. The summed E-state index contributed by atoms with van der Waals surface area (Å²) in [5.74, 6) is 0. The predicted molar refractivity (Wildman–Crippen MR) is 132 cm³/mol. The fourth-order valence-corrected chi connectivity index (χ4v) is 4.32. The Bertz CT molecular complexity index is 796. The van der Waals surface area contributed by atoms with Crippen LogP contribution in [0.25, 0.3) is 5.01 Å². The van der Waals surface area contributed by atoms with E-state index < -0.39 is 13.9 Å². The molecule has 0 aliphatic heterocycles. The summed E-state index contributed by atoms with van der Waals surface area (Å²) in [4.78, 5) is 0. The lowest BCUT2D eigenvalue weighted by Crippen LogP contribution is -2.40. The number of benzene rings is 2. The minimum Gasteiger partial charge on any atom is -0.498 e. The van der Waals surface area contributed by atoms with Gasteiger partial charge in [0.05, 0.1) is 0 Å². The van der Waals surface area contributed by atoms with Gasteiger partial charge in [0.25, 0.3) is 5.60 Å². The SMILES string of the molecule is CC(C)(C)[Si](C)(C)OCCCCCCOC(C#[N+][O-])(c1ccccc1)c1ccccc1. The Morgan fingerprint density at radius 1 is 0.806 bits per heavy atom. The Balaban J connectivity index is 1.92. The number of unbranched alkanes of at least 4 members (excludes halogenated alkanes) is 3. The summed E-state index contributed by atoms with van der Waals surface area (Å²) in [5.41, 5.74) is 0.613. The fraction of sp³-hybridized carbons (Fsp3) is 0.500. The molecule has 0 aliphatic rings. The highest BCUT2D eigenvalue weighted by atomic mass is 28.4. The molecule has 4 nitrogen and oxygen atoms in total. The van der Waals surface area contributed by atoms with Gasteiger partial charge in [0.15, 0.2) is 8.32 Å². The Morgan fingerprint density at radius 3 is 1.74 bits per heavy atom. The van der Waals surface area contributed by atoms with E-state index in [1.807, 2.05) is 60.7 Å². The van der Waals surface area contributed by atoms with Crippen molar-refractivity contribution in [1.82, 2.24) is 0 Å². The molecule has 0 heterocycles. The normalized spacial score (nSPS) is 12.3. The maximum absolute atomic E-state index is 11.3. The summed E-state index contributed by atoms with van der Waals surface area (Å²) in [6, 6.07) is 22.1. The van der Waals surface area contributed by atoms with Crippen molar-refractivity contribution in [2.45, 2.75) is 70.2 Å². The first-order chi connectivity index (χ1) is 14.7. The molecule has 2 aromatic rings. The number of nitrogens with zero attached hydrogens (tertiary/aromatic N) is 1. The molecule has 0 atom stereocenters. The summed E-state index contributed by atoms with van der Waals surface area (Å²) >= 11 is 0. The van der Waals surface area contributed by atoms with E-state index in [1.165, 1.54) is 0 Å². The largest absolute Gasteiger partial charge is 0.498 e. The van der Waals surface area contributed by atoms with Crippen LogP contribution >= 0.6 is 0 Å². The van der Waals surface area contributed by atoms with Crippen LogP contribution < -0.4 is 0 Å². The molecule has 0 aromatic heterocycles. The van der Waals surface area contributed by atoms with Crippen molar-refractivity contribution in [3.05, 3.63) is 82.0 Å². The van der Waals surface area contributed by atoms with Crippen molar-refractivity contribution in [3.63, 3.8) is 0 Å². The number of hydrogen-bond acceptors (Lipinski definition) is 3. The molecule has 0 spiro atoms. The van der Waals surface area contributed by atoms with E-state index in [-0.39, 0.29) is 5.04 Å². The maximum atomic E-state index is 11.3. The lowest BCUT2D eigenvalue weighted by Gasteiger charge is -2.36. The Kier molecular flexibility index (Phi) is 9.30. The molecule has 0 saturated carbocycles. The van der Waals surface area contributed by atoms with Crippen LogP contribution in [0.15, 0.2) is 60.7 Å². The third kappa shape index (κ3) is 6.93. The molecule has 0 radical (unpaired) electrons. The summed E-state index contributed by atoms with van der Waals surface area (Å²) in [5, 5.41) is 14.5. The molecule has 0 N–H and O–H groups in total. The summed E-state index contributed by atoms with van der Waals surface area (Å²) in [6.07, 6.45) is 4.11. The van der Waals surface area contributed by atoms with Crippen LogP contribution in [0.2, 0.25) is 18.1 Å². The predicted octanol–water partition coefficient (Wildman–Crippen LogP) is 7.36. The van der Waals surface area contributed by atoms with Gasteiger partial charge in [0.1, 0.15) is 0 Å². The van der Waals surface area contributed by atoms with Gasteiger partial charge >= 0.3 is 6.07 Å². The number of hydrogen-bond donors (Lipinski definition) is 0. The van der Waals surface area contributed by atoms with Gasteiger partial charge in [-0.2, -0.15) is 0 Å².